The maximum Gasteiger partial charge on any atom is 0.0351 e. The number of rotatable bonds is 2. The molecule has 2 heteroatoms. The second kappa shape index (κ2) is 12.8. The second-order valence-corrected chi connectivity index (χ2v) is 3.96. The van der Waals surface area contributed by atoms with Crippen LogP contribution < -0.4 is 0 Å². The molecule has 0 aliphatic rings. The van der Waals surface area contributed by atoms with Crippen LogP contribution >= 0.6 is 0 Å². The molecule has 0 saturated heterocycles. The highest BCUT2D eigenvalue weighted by Gasteiger charge is 1.92. The van der Waals surface area contributed by atoms with Gasteiger partial charge in [0.05, 0.1) is 0 Å². The number of hydrogen-bond acceptors (Lipinski definition) is 2. The zero-order valence-corrected chi connectivity index (χ0v) is 12.3. The Morgan fingerprint density at radius 2 is 0.842 bits per heavy atom. The van der Waals surface area contributed by atoms with Crippen LogP contribution in [-0.4, -0.2) is 28.4 Å². The number of methoxy groups -OCH3 is 2. The summed E-state index contributed by atoms with van der Waals surface area (Å²) in [6.45, 7) is 0. The average molecular weight is 260 g/mol. The van der Waals surface area contributed by atoms with Crippen molar-refractivity contribution in [3.05, 3.63) is 71.8 Å². The summed E-state index contributed by atoms with van der Waals surface area (Å²) in [6.07, 6.45) is 1.03. The minimum Gasteiger partial charge on any atom is -0.388 e. The molecule has 0 fully saturated rings. The molecule has 0 N–H and O–H groups in total. The van der Waals surface area contributed by atoms with E-state index < -0.39 is 0 Å². The molecule has 0 radical (unpaired) electrons. The van der Waals surface area contributed by atoms with E-state index in [1.165, 1.54) is 11.1 Å². The highest BCUT2D eigenvalue weighted by molar-refractivity contribution is 5.25. The molecule has 2 nitrogen and oxygen atoms in total. The summed E-state index contributed by atoms with van der Waals surface area (Å²) in [7, 11) is 6.50. The number of ether oxygens (including phenoxy) is 2. The zero-order valence-electron chi connectivity index (χ0n) is 12.3. The molecule has 0 spiro atoms. The van der Waals surface area contributed by atoms with Crippen molar-refractivity contribution in [1.82, 2.24) is 0 Å². The number of benzene rings is 2. The fourth-order valence-electron chi connectivity index (χ4n) is 1.43. The largest absolute Gasteiger partial charge is 0.388 e. The van der Waals surface area contributed by atoms with E-state index in [2.05, 4.69) is 70.1 Å². The van der Waals surface area contributed by atoms with E-state index in [1.807, 2.05) is 0 Å². The molecule has 0 aliphatic carbocycles. The SMILES string of the molecule is COC.COC.c1ccc(Cc2ccccc2)cc1. The molecule has 0 heterocycles. The third kappa shape index (κ3) is 10.0. The van der Waals surface area contributed by atoms with E-state index in [1.54, 1.807) is 28.4 Å². The molecular formula is C17H24O2. The molecular weight excluding hydrogens is 236 g/mol. The van der Waals surface area contributed by atoms with Crippen molar-refractivity contribution in [2.45, 2.75) is 6.42 Å². The van der Waals surface area contributed by atoms with Gasteiger partial charge in [0.1, 0.15) is 0 Å². The van der Waals surface area contributed by atoms with Crippen LogP contribution in [0.15, 0.2) is 60.7 Å². The lowest BCUT2D eigenvalue weighted by Gasteiger charge is -2.00. The van der Waals surface area contributed by atoms with Gasteiger partial charge in [-0.15, -0.1) is 0 Å². The third-order valence-corrected chi connectivity index (χ3v) is 2.09. The second-order valence-electron chi connectivity index (χ2n) is 3.96. The Morgan fingerprint density at radius 3 is 1.11 bits per heavy atom. The molecule has 0 amide bonds. The van der Waals surface area contributed by atoms with Gasteiger partial charge in [0.25, 0.3) is 0 Å². The molecule has 2 aromatic rings. The monoisotopic (exact) mass is 260 g/mol. The van der Waals surface area contributed by atoms with Crippen LogP contribution in [0.25, 0.3) is 0 Å². The van der Waals surface area contributed by atoms with E-state index in [-0.39, 0.29) is 0 Å². The van der Waals surface area contributed by atoms with E-state index in [0.717, 1.165) is 6.42 Å². The van der Waals surface area contributed by atoms with Crippen molar-refractivity contribution in [3.63, 3.8) is 0 Å². The Balaban J connectivity index is 0.000000465. The van der Waals surface area contributed by atoms with Crippen molar-refractivity contribution in [2.75, 3.05) is 28.4 Å². The summed E-state index contributed by atoms with van der Waals surface area (Å²) >= 11 is 0. The van der Waals surface area contributed by atoms with Gasteiger partial charge < -0.3 is 9.47 Å². The van der Waals surface area contributed by atoms with Gasteiger partial charge >= 0.3 is 0 Å². The normalized spacial score (nSPS) is 8.63. The van der Waals surface area contributed by atoms with Gasteiger partial charge in [-0.3, -0.25) is 0 Å². The first kappa shape index (κ1) is 17.4. The van der Waals surface area contributed by atoms with Crippen LogP contribution in [0, 0.1) is 0 Å². The highest BCUT2D eigenvalue weighted by Crippen LogP contribution is 2.07. The van der Waals surface area contributed by atoms with Crippen molar-refractivity contribution < 1.29 is 9.47 Å². The van der Waals surface area contributed by atoms with Gasteiger partial charge in [-0.25, -0.2) is 0 Å². The summed E-state index contributed by atoms with van der Waals surface area (Å²) in [5.41, 5.74) is 2.74. The van der Waals surface area contributed by atoms with E-state index in [0.29, 0.717) is 0 Å². The molecule has 2 rings (SSSR count). The molecule has 2 aromatic carbocycles. The maximum absolute atomic E-state index is 4.25. The summed E-state index contributed by atoms with van der Waals surface area (Å²) in [6, 6.07) is 21.1. The van der Waals surface area contributed by atoms with Crippen molar-refractivity contribution in [1.29, 1.82) is 0 Å². The van der Waals surface area contributed by atoms with Crippen LogP contribution in [0.5, 0.6) is 0 Å². The Bertz CT molecular complexity index is 345. The van der Waals surface area contributed by atoms with Crippen molar-refractivity contribution in [2.24, 2.45) is 0 Å². The Hall–Kier alpha value is -1.64. The predicted octanol–water partition coefficient (Wildman–Crippen LogP) is 3.80. The minimum absolute atomic E-state index is 1.03. The maximum atomic E-state index is 4.25. The van der Waals surface area contributed by atoms with Crippen molar-refractivity contribution in [3.8, 4) is 0 Å². The van der Waals surface area contributed by atoms with Gasteiger partial charge in [-0.2, -0.15) is 0 Å². The van der Waals surface area contributed by atoms with Crippen LogP contribution in [0.2, 0.25) is 0 Å². The lowest BCUT2D eigenvalue weighted by atomic mass is 10.1. The predicted molar refractivity (Wildman–Crippen MR) is 81.6 cm³/mol. The summed E-state index contributed by atoms with van der Waals surface area (Å²) in [5.74, 6) is 0. The van der Waals surface area contributed by atoms with Gasteiger partial charge in [-0.05, 0) is 17.5 Å². The first-order valence-electron chi connectivity index (χ1n) is 6.16. The molecule has 0 bridgehead atoms. The number of hydrogen-bond donors (Lipinski definition) is 0. The van der Waals surface area contributed by atoms with Crippen molar-refractivity contribution >= 4 is 0 Å². The standard InChI is InChI=1S/C13H12.2C2H6O/c1-3-7-12(8-4-1)11-13-9-5-2-6-10-13;2*1-3-2/h1-10H,11H2;2*1-2H3. The van der Waals surface area contributed by atoms with Gasteiger partial charge in [-0.1, -0.05) is 60.7 Å². The summed E-state index contributed by atoms with van der Waals surface area (Å²) in [5, 5.41) is 0. The van der Waals surface area contributed by atoms with Gasteiger partial charge in [0.2, 0.25) is 0 Å². The minimum atomic E-state index is 1.03. The highest BCUT2D eigenvalue weighted by atomic mass is 16.5. The van der Waals surface area contributed by atoms with E-state index in [9.17, 15) is 0 Å². The lowest BCUT2D eigenvalue weighted by Crippen LogP contribution is -1.85. The van der Waals surface area contributed by atoms with Gasteiger partial charge in [0, 0.05) is 28.4 Å². The van der Waals surface area contributed by atoms with E-state index in [4.69, 9.17) is 0 Å². The molecule has 0 aliphatic heterocycles. The quantitative estimate of drug-likeness (QED) is 0.817. The lowest BCUT2D eigenvalue weighted by molar-refractivity contribution is 0.277. The average Bonchev–Trinajstić information content (AvgIpc) is 2.43. The van der Waals surface area contributed by atoms with Crippen LogP contribution in [0.3, 0.4) is 0 Å². The summed E-state index contributed by atoms with van der Waals surface area (Å²) < 4.78 is 8.50. The topological polar surface area (TPSA) is 18.5 Å². The Morgan fingerprint density at radius 1 is 0.579 bits per heavy atom. The smallest absolute Gasteiger partial charge is 0.0351 e. The third-order valence-electron chi connectivity index (χ3n) is 2.09. The zero-order chi connectivity index (χ0) is 14.3. The van der Waals surface area contributed by atoms with Crippen LogP contribution in [-0.2, 0) is 15.9 Å². The molecule has 0 aromatic heterocycles. The molecule has 19 heavy (non-hydrogen) atoms. The Labute approximate surface area is 117 Å². The first-order chi connectivity index (χ1) is 9.28. The molecule has 0 unspecified atom stereocenters. The Kier molecular flexibility index (Phi) is 11.7. The fourth-order valence-corrected chi connectivity index (χ4v) is 1.43. The summed E-state index contributed by atoms with van der Waals surface area (Å²) in [4.78, 5) is 0. The van der Waals surface area contributed by atoms with E-state index >= 15 is 0 Å². The van der Waals surface area contributed by atoms with Crippen LogP contribution in [0.1, 0.15) is 11.1 Å². The fraction of sp³-hybridized carbons (Fsp3) is 0.294. The molecule has 104 valence electrons. The molecule has 0 atom stereocenters. The molecule has 0 saturated carbocycles. The first-order valence-corrected chi connectivity index (χ1v) is 6.16. The van der Waals surface area contributed by atoms with Gasteiger partial charge in [0.15, 0.2) is 0 Å². The van der Waals surface area contributed by atoms with Crippen LogP contribution in [0.4, 0.5) is 0 Å².